The van der Waals surface area contributed by atoms with Gasteiger partial charge < -0.3 is 19.2 Å². The Morgan fingerprint density at radius 2 is 1.66 bits per heavy atom. The van der Waals surface area contributed by atoms with Crippen molar-refractivity contribution in [1.29, 1.82) is 0 Å². The van der Waals surface area contributed by atoms with Crippen molar-refractivity contribution in [3.8, 4) is 11.1 Å². The Balaban J connectivity index is 1.52. The molecule has 0 saturated heterocycles. The van der Waals surface area contributed by atoms with E-state index in [4.69, 9.17) is 9.15 Å². The van der Waals surface area contributed by atoms with Crippen LogP contribution >= 0.6 is 0 Å². The summed E-state index contributed by atoms with van der Waals surface area (Å²) < 4.78 is 15.6. The summed E-state index contributed by atoms with van der Waals surface area (Å²) in [7, 11) is 1.37. The Morgan fingerprint density at radius 3 is 2.25 bits per heavy atom. The van der Waals surface area contributed by atoms with E-state index in [9.17, 15) is 9.59 Å². The van der Waals surface area contributed by atoms with Crippen LogP contribution in [-0.4, -0.2) is 37.2 Å². The largest absolute Gasteiger partial charge is 0.469 e. The van der Waals surface area contributed by atoms with Gasteiger partial charge in [0.2, 0.25) is 5.76 Å². The monoisotopic (exact) mass is 436 g/mol. The lowest BCUT2D eigenvalue weighted by Crippen LogP contribution is -2.12. The van der Waals surface area contributed by atoms with Crippen molar-refractivity contribution < 1.29 is 23.5 Å². The average molecular weight is 437 g/mol. The van der Waals surface area contributed by atoms with Crippen molar-refractivity contribution in [2.24, 2.45) is 0 Å². The molecule has 3 aromatic rings. The molecule has 0 bridgehead atoms. The molecule has 0 aliphatic rings. The number of aryl methyl sites for hydroxylation is 2. The van der Waals surface area contributed by atoms with Gasteiger partial charge >= 0.3 is 5.97 Å². The number of amides is 1. The number of rotatable bonds is 10. The second-order valence-electron chi connectivity index (χ2n) is 7.29. The maximum absolute atomic E-state index is 12.5. The molecule has 1 heterocycles. The first-order valence-electron chi connectivity index (χ1n) is 10.6. The number of hydrogen-bond donors (Lipinski definition) is 1. The van der Waals surface area contributed by atoms with Crippen molar-refractivity contribution in [1.82, 2.24) is 4.98 Å². The van der Waals surface area contributed by atoms with Gasteiger partial charge in [-0.1, -0.05) is 43.3 Å². The van der Waals surface area contributed by atoms with E-state index in [0.717, 1.165) is 23.1 Å². The zero-order chi connectivity index (χ0) is 22.9. The highest BCUT2D eigenvalue weighted by Crippen LogP contribution is 2.23. The number of carbonyl (C=O) groups excluding carboxylic acids is 2. The fourth-order valence-electron chi connectivity index (χ4n) is 3.16. The van der Waals surface area contributed by atoms with Crippen molar-refractivity contribution >= 4 is 17.6 Å². The maximum atomic E-state index is 12.5. The van der Waals surface area contributed by atoms with Crippen molar-refractivity contribution in [3.63, 3.8) is 0 Å². The van der Waals surface area contributed by atoms with Gasteiger partial charge in [-0.3, -0.25) is 9.59 Å². The highest BCUT2D eigenvalue weighted by Gasteiger charge is 2.16. The normalized spacial score (nSPS) is 10.7. The van der Waals surface area contributed by atoms with E-state index in [2.05, 4.69) is 39.3 Å². The number of carbonyl (C=O) groups is 2. The van der Waals surface area contributed by atoms with Gasteiger partial charge in [-0.2, -0.15) is 0 Å². The van der Waals surface area contributed by atoms with E-state index in [1.807, 2.05) is 31.2 Å². The van der Waals surface area contributed by atoms with E-state index in [-0.39, 0.29) is 24.1 Å². The maximum Gasteiger partial charge on any atom is 0.307 e. The molecule has 0 saturated carbocycles. The van der Waals surface area contributed by atoms with Crippen LogP contribution in [0.15, 0.2) is 52.9 Å². The molecule has 1 amide bonds. The predicted molar refractivity (Wildman–Crippen MR) is 122 cm³/mol. The van der Waals surface area contributed by atoms with Crippen molar-refractivity contribution in [3.05, 3.63) is 71.4 Å². The number of benzene rings is 2. The van der Waals surface area contributed by atoms with Crippen LogP contribution in [0.4, 0.5) is 5.69 Å². The number of esters is 1. The SMILES string of the molecule is CCc1nc(C)c(C(=O)Nc2ccc(-c3ccc(CCOCCC(=O)OC)cc3)cc2)o1. The molecule has 2 aromatic carbocycles. The van der Waals surface area contributed by atoms with Crippen LogP contribution in [-0.2, 0) is 27.1 Å². The number of anilines is 1. The third kappa shape index (κ3) is 6.28. The summed E-state index contributed by atoms with van der Waals surface area (Å²) in [5.41, 5.74) is 4.56. The second kappa shape index (κ2) is 11.2. The highest BCUT2D eigenvalue weighted by atomic mass is 16.5. The minimum atomic E-state index is -0.305. The van der Waals surface area contributed by atoms with Crippen molar-refractivity contribution in [2.75, 3.05) is 25.6 Å². The molecule has 0 spiro atoms. The van der Waals surface area contributed by atoms with Gasteiger partial charge in [0.05, 0.1) is 32.4 Å². The minimum Gasteiger partial charge on any atom is -0.469 e. The van der Waals surface area contributed by atoms with Crippen LogP contribution in [0.2, 0.25) is 0 Å². The molecule has 7 nitrogen and oxygen atoms in total. The summed E-state index contributed by atoms with van der Waals surface area (Å²) in [6, 6.07) is 15.9. The van der Waals surface area contributed by atoms with E-state index < -0.39 is 0 Å². The van der Waals surface area contributed by atoms with E-state index in [0.29, 0.717) is 36.9 Å². The molecule has 0 aliphatic heterocycles. The molecule has 0 atom stereocenters. The Bertz CT molecular complexity index is 1040. The van der Waals surface area contributed by atoms with E-state index in [1.165, 1.54) is 7.11 Å². The summed E-state index contributed by atoms with van der Waals surface area (Å²) in [5, 5.41) is 2.85. The van der Waals surface area contributed by atoms with Crippen LogP contribution in [0.5, 0.6) is 0 Å². The van der Waals surface area contributed by atoms with Crippen LogP contribution in [0.25, 0.3) is 11.1 Å². The molecular weight excluding hydrogens is 408 g/mol. The summed E-state index contributed by atoms with van der Waals surface area (Å²) in [5.74, 6) is 0.231. The Morgan fingerprint density at radius 1 is 1.00 bits per heavy atom. The molecular formula is C25H28N2O5. The number of ether oxygens (including phenoxy) is 2. The molecule has 1 aromatic heterocycles. The fraction of sp³-hybridized carbons (Fsp3) is 0.320. The number of methoxy groups -OCH3 is 1. The number of nitrogens with one attached hydrogen (secondary N) is 1. The van der Waals surface area contributed by atoms with Crippen molar-refractivity contribution in [2.45, 2.75) is 33.1 Å². The van der Waals surface area contributed by atoms with Crippen LogP contribution in [0.3, 0.4) is 0 Å². The van der Waals surface area contributed by atoms with Gasteiger partial charge in [0, 0.05) is 12.1 Å². The third-order valence-corrected chi connectivity index (χ3v) is 4.99. The molecule has 0 unspecified atom stereocenters. The molecule has 0 fully saturated rings. The van der Waals surface area contributed by atoms with E-state index >= 15 is 0 Å². The summed E-state index contributed by atoms with van der Waals surface area (Å²) in [4.78, 5) is 27.7. The van der Waals surface area contributed by atoms with Crippen LogP contribution in [0, 0.1) is 6.92 Å². The number of oxazole rings is 1. The first-order valence-corrected chi connectivity index (χ1v) is 10.6. The summed E-state index contributed by atoms with van der Waals surface area (Å²) >= 11 is 0. The molecule has 32 heavy (non-hydrogen) atoms. The minimum absolute atomic E-state index is 0.246. The molecule has 7 heteroatoms. The van der Waals surface area contributed by atoms with Gasteiger partial charge in [-0.05, 0) is 42.2 Å². The average Bonchev–Trinajstić information content (AvgIpc) is 3.20. The third-order valence-electron chi connectivity index (χ3n) is 4.99. The topological polar surface area (TPSA) is 90.7 Å². The van der Waals surface area contributed by atoms with Crippen LogP contribution in [0.1, 0.15) is 41.0 Å². The number of nitrogens with zero attached hydrogens (tertiary/aromatic N) is 1. The number of hydrogen-bond acceptors (Lipinski definition) is 6. The van der Waals surface area contributed by atoms with Gasteiger partial charge in [-0.15, -0.1) is 0 Å². The zero-order valence-corrected chi connectivity index (χ0v) is 18.6. The molecule has 1 N–H and O–H groups in total. The second-order valence-corrected chi connectivity index (χ2v) is 7.29. The fourth-order valence-corrected chi connectivity index (χ4v) is 3.16. The number of aromatic nitrogens is 1. The quantitative estimate of drug-likeness (QED) is 0.369. The van der Waals surface area contributed by atoms with Gasteiger partial charge in [0.1, 0.15) is 0 Å². The molecule has 0 radical (unpaired) electrons. The standard InChI is InChI=1S/C25H28N2O5/c1-4-22-26-17(2)24(32-22)25(29)27-21-11-9-20(10-12-21)19-7-5-18(6-8-19)13-15-31-16-14-23(28)30-3/h5-12H,4,13-16H2,1-3H3,(H,27,29). The lowest BCUT2D eigenvalue weighted by Gasteiger charge is -2.08. The molecule has 168 valence electrons. The summed E-state index contributed by atoms with van der Waals surface area (Å²) in [6.07, 6.45) is 1.68. The first kappa shape index (κ1) is 23.2. The molecule has 3 rings (SSSR count). The van der Waals surface area contributed by atoms with Gasteiger partial charge in [-0.25, -0.2) is 4.98 Å². The predicted octanol–water partition coefficient (Wildman–Crippen LogP) is 4.59. The smallest absolute Gasteiger partial charge is 0.307 e. The highest BCUT2D eigenvalue weighted by molar-refractivity contribution is 6.03. The molecule has 0 aliphatic carbocycles. The lowest BCUT2D eigenvalue weighted by molar-refractivity contribution is -0.141. The Kier molecular flexibility index (Phi) is 8.16. The summed E-state index contributed by atoms with van der Waals surface area (Å²) in [6.45, 7) is 4.61. The van der Waals surface area contributed by atoms with E-state index in [1.54, 1.807) is 6.92 Å². The Labute approximate surface area is 187 Å². The lowest BCUT2D eigenvalue weighted by atomic mass is 10.0. The van der Waals surface area contributed by atoms with Gasteiger partial charge in [0.25, 0.3) is 5.91 Å². The Hall–Kier alpha value is -3.45. The van der Waals surface area contributed by atoms with Gasteiger partial charge in [0.15, 0.2) is 5.89 Å². The zero-order valence-electron chi connectivity index (χ0n) is 18.6. The first-order chi connectivity index (χ1) is 15.5. The van der Waals surface area contributed by atoms with Crippen LogP contribution < -0.4 is 5.32 Å².